The Hall–Kier alpha value is -3.45. The minimum Gasteiger partial charge on any atom is -0.488 e. The van der Waals surface area contributed by atoms with Crippen molar-refractivity contribution in [3.05, 3.63) is 82.4 Å². The van der Waals surface area contributed by atoms with Crippen LogP contribution < -0.4 is 4.74 Å². The highest BCUT2D eigenvalue weighted by atomic mass is 35.5. The Bertz CT molecular complexity index is 1450. The van der Waals surface area contributed by atoms with E-state index in [4.69, 9.17) is 26.1 Å². The van der Waals surface area contributed by atoms with Gasteiger partial charge in [0.05, 0.1) is 30.1 Å². The summed E-state index contributed by atoms with van der Waals surface area (Å²) in [7, 11) is 1.36. The van der Waals surface area contributed by atoms with Crippen LogP contribution in [0.5, 0.6) is 5.75 Å². The van der Waals surface area contributed by atoms with Gasteiger partial charge in [-0.3, -0.25) is 4.79 Å². The number of methoxy groups -OCH3 is 1. The maximum atomic E-state index is 14.3. The first-order valence-electron chi connectivity index (χ1n) is 12.8. The number of rotatable bonds is 8. The third kappa shape index (κ3) is 5.83. The van der Waals surface area contributed by atoms with Gasteiger partial charge in [0.15, 0.2) is 11.6 Å². The van der Waals surface area contributed by atoms with E-state index in [0.717, 1.165) is 30.0 Å². The van der Waals surface area contributed by atoms with E-state index < -0.39 is 11.6 Å². The largest absolute Gasteiger partial charge is 0.488 e. The van der Waals surface area contributed by atoms with Gasteiger partial charge in [-0.15, -0.1) is 0 Å². The zero-order valence-corrected chi connectivity index (χ0v) is 21.9. The number of benzene rings is 3. The predicted molar refractivity (Wildman–Crippen MR) is 143 cm³/mol. The molecule has 5 nitrogen and oxygen atoms in total. The van der Waals surface area contributed by atoms with Crippen molar-refractivity contribution in [2.45, 2.75) is 51.7 Å². The van der Waals surface area contributed by atoms with Gasteiger partial charge in [0.25, 0.3) is 0 Å². The summed E-state index contributed by atoms with van der Waals surface area (Å²) in [6.07, 6.45) is 5.96. The number of fused-ring (bicyclic) bond motifs is 1. The smallest absolute Gasteiger partial charge is 0.309 e. The van der Waals surface area contributed by atoms with Crippen molar-refractivity contribution in [3.8, 4) is 17.1 Å². The van der Waals surface area contributed by atoms with Gasteiger partial charge < -0.3 is 14.0 Å². The van der Waals surface area contributed by atoms with Gasteiger partial charge in [0.2, 0.25) is 0 Å². The lowest BCUT2D eigenvalue weighted by atomic mass is 9.89. The van der Waals surface area contributed by atoms with Crippen molar-refractivity contribution in [2.24, 2.45) is 5.92 Å². The Kier molecular flexibility index (Phi) is 7.93. The van der Waals surface area contributed by atoms with E-state index in [1.807, 2.05) is 34.9 Å². The Morgan fingerprint density at radius 3 is 2.45 bits per heavy atom. The molecule has 1 fully saturated rings. The molecule has 0 N–H and O–H groups in total. The Balaban J connectivity index is 1.47. The Labute approximate surface area is 225 Å². The van der Waals surface area contributed by atoms with Crippen molar-refractivity contribution in [1.29, 1.82) is 0 Å². The Morgan fingerprint density at radius 2 is 1.71 bits per heavy atom. The summed E-state index contributed by atoms with van der Waals surface area (Å²) < 4.78 is 41.3. The van der Waals surface area contributed by atoms with Crippen molar-refractivity contribution >= 4 is 28.6 Å². The molecule has 4 aromatic rings. The van der Waals surface area contributed by atoms with Crippen molar-refractivity contribution in [1.82, 2.24) is 9.55 Å². The molecule has 3 aromatic carbocycles. The first kappa shape index (κ1) is 26.2. The average Bonchev–Trinajstić information content (AvgIpc) is 3.25. The topological polar surface area (TPSA) is 53.4 Å². The fourth-order valence-corrected chi connectivity index (χ4v) is 5.25. The highest BCUT2D eigenvalue weighted by Gasteiger charge is 2.22. The number of esters is 1. The van der Waals surface area contributed by atoms with Gasteiger partial charge in [-0.05, 0) is 48.1 Å². The molecule has 0 aliphatic heterocycles. The number of nitrogens with zero attached hydrogens (tertiary/aromatic N) is 2. The van der Waals surface area contributed by atoms with Crippen LogP contribution in [0.4, 0.5) is 8.78 Å². The molecule has 0 amide bonds. The molecule has 8 heteroatoms. The molecule has 1 heterocycles. The quantitative estimate of drug-likeness (QED) is 0.218. The van der Waals surface area contributed by atoms with Crippen molar-refractivity contribution < 1.29 is 23.0 Å². The molecule has 5 rings (SSSR count). The second kappa shape index (κ2) is 11.5. The van der Waals surface area contributed by atoms with Gasteiger partial charge in [-0.2, -0.15) is 0 Å². The van der Waals surface area contributed by atoms with Crippen LogP contribution in [0.25, 0.3) is 22.4 Å². The summed E-state index contributed by atoms with van der Waals surface area (Å²) in [5, 5.41) is 0.504. The number of imidazole rings is 1. The highest BCUT2D eigenvalue weighted by molar-refractivity contribution is 6.30. The lowest BCUT2D eigenvalue weighted by Gasteiger charge is -2.23. The normalized spacial score (nSPS) is 14.1. The number of hydrogen-bond donors (Lipinski definition) is 0. The fourth-order valence-electron chi connectivity index (χ4n) is 5.09. The van der Waals surface area contributed by atoms with Crippen molar-refractivity contribution in [3.63, 3.8) is 0 Å². The van der Waals surface area contributed by atoms with Crippen LogP contribution in [0.3, 0.4) is 0 Å². The highest BCUT2D eigenvalue weighted by Crippen LogP contribution is 2.37. The van der Waals surface area contributed by atoms with E-state index in [1.54, 1.807) is 12.1 Å². The lowest BCUT2D eigenvalue weighted by molar-refractivity contribution is -0.139. The summed E-state index contributed by atoms with van der Waals surface area (Å²) in [6.45, 7) is 0.929. The van der Waals surface area contributed by atoms with Crippen LogP contribution in [-0.2, 0) is 29.1 Å². The molecule has 0 saturated heterocycles. The molecule has 198 valence electrons. The first-order valence-corrected chi connectivity index (χ1v) is 13.2. The van der Waals surface area contributed by atoms with Crippen LogP contribution in [-0.4, -0.2) is 22.6 Å². The molecule has 1 aromatic heterocycles. The van der Waals surface area contributed by atoms with E-state index in [0.29, 0.717) is 45.7 Å². The Morgan fingerprint density at radius 1 is 1.00 bits per heavy atom. The predicted octanol–water partition coefficient (Wildman–Crippen LogP) is 7.51. The zero-order valence-electron chi connectivity index (χ0n) is 21.2. The van der Waals surface area contributed by atoms with E-state index in [2.05, 4.69) is 0 Å². The maximum absolute atomic E-state index is 14.3. The number of hydrogen-bond acceptors (Lipinski definition) is 4. The third-order valence-electron chi connectivity index (χ3n) is 7.13. The minimum absolute atomic E-state index is 0.203. The summed E-state index contributed by atoms with van der Waals surface area (Å²) in [4.78, 5) is 16.3. The monoisotopic (exact) mass is 538 g/mol. The van der Waals surface area contributed by atoms with Gasteiger partial charge >= 0.3 is 5.97 Å². The van der Waals surface area contributed by atoms with Crippen LogP contribution in [0.2, 0.25) is 5.02 Å². The van der Waals surface area contributed by atoms with Crippen LogP contribution in [0, 0.1) is 17.6 Å². The molecule has 0 unspecified atom stereocenters. The van der Waals surface area contributed by atoms with Crippen molar-refractivity contribution in [2.75, 3.05) is 7.11 Å². The van der Waals surface area contributed by atoms with Gasteiger partial charge in [0.1, 0.15) is 18.2 Å². The van der Waals surface area contributed by atoms with E-state index in [1.165, 1.54) is 32.4 Å². The molecule has 1 aliphatic carbocycles. The molecule has 0 bridgehead atoms. The zero-order chi connectivity index (χ0) is 26.6. The van der Waals surface area contributed by atoms with Gasteiger partial charge in [-0.1, -0.05) is 55.1 Å². The minimum atomic E-state index is -0.922. The molecule has 0 atom stereocenters. The summed E-state index contributed by atoms with van der Waals surface area (Å²) >= 11 is 6.33. The first-order chi connectivity index (χ1) is 18.4. The molecule has 0 radical (unpaired) electrons. The molecule has 0 spiro atoms. The number of aromatic nitrogens is 2. The lowest BCUT2D eigenvalue weighted by Crippen LogP contribution is -2.15. The second-order valence-corrected chi connectivity index (χ2v) is 10.2. The van der Waals surface area contributed by atoms with E-state index >= 15 is 0 Å². The average molecular weight is 539 g/mol. The van der Waals surface area contributed by atoms with Crippen LogP contribution in [0.15, 0.2) is 54.6 Å². The SMILES string of the molecule is COC(=O)Cc1ccc(COc2cc(Cl)ccc2-c2nc3cc(F)c(F)cc3n2CC2CCCCC2)cc1. The standard InChI is InChI=1S/C30H29ClF2N2O3/c1-37-29(36)13-19-7-9-21(10-8-19)18-38-28-14-22(31)11-12-23(28)30-34-26-15-24(32)25(33)16-27(26)35(30)17-20-5-3-2-4-6-20/h7-12,14-16,20H,2-6,13,17-18H2,1H3. The number of carbonyl (C=O) groups excluding carboxylic acids is 1. The number of carbonyl (C=O) groups is 1. The third-order valence-corrected chi connectivity index (χ3v) is 7.37. The summed E-state index contributed by atoms with van der Waals surface area (Å²) in [6, 6.07) is 15.2. The number of halogens is 3. The second-order valence-electron chi connectivity index (χ2n) is 9.80. The van der Waals surface area contributed by atoms with E-state index in [-0.39, 0.29) is 19.0 Å². The molecular weight excluding hydrogens is 510 g/mol. The summed E-state index contributed by atoms with van der Waals surface area (Å²) in [5.41, 5.74) is 3.41. The molecule has 1 aliphatic rings. The van der Waals surface area contributed by atoms with Crippen LogP contribution >= 0.6 is 11.6 Å². The number of ether oxygens (including phenoxy) is 2. The van der Waals surface area contributed by atoms with E-state index in [9.17, 15) is 13.6 Å². The van der Waals surface area contributed by atoms with Crippen LogP contribution in [0.1, 0.15) is 43.2 Å². The fraction of sp³-hybridized carbons (Fsp3) is 0.333. The van der Waals surface area contributed by atoms with Gasteiger partial charge in [0, 0.05) is 23.7 Å². The molecular formula is C30H29ClF2N2O3. The molecule has 1 saturated carbocycles. The maximum Gasteiger partial charge on any atom is 0.309 e. The molecule has 38 heavy (non-hydrogen) atoms. The van der Waals surface area contributed by atoms with Gasteiger partial charge in [-0.25, -0.2) is 13.8 Å². The summed E-state index contributed by atoms with van der Waals surface area (Å²) in [5.74, 6) is -0.554.